The van der Waals surface area contributed by atoms with Crippen LogP contribution in [-0.2, 0) is 6.42 Å². The van der Waals surface area contributed by atoms with Gasteiger partial charge in [0.2, 0.25) is 0 Å². The van der Waals surface area contributed by atoms with Crippen LogP contribution >= 0.6 is 24.0 Å². The molecule has 0 radical (unpaired) electrons. The maximum atomic E-state index is 13.6. The van der Waals surface area contributed by atoms with Crippen molar-refractivity contribution in [2.45, 2.75) is 44.9 Å². The van der Waals surface area contributed by atoms with Crippen molar-refractivity contribution in [2.24, 2.45) is 4.99 Å². The predicted molar refractivity (Wildman–Crippen MR) is 119 cm³/mol. The third-order valence-corrected chi connectivity index (χ3v) is 4.76. The van der Waals surface area contributed by atoms with E-state index in [2.05, 4.69) is 20.5 Å². The van der Waals surface area contributed by atoms with Gasteiger partial charge in [0.1, 0.15) is 5.82 Å². The molecule has 0 aliphatic carbocycles. The maximum Gasteiger partial charge on any atom is 0.190 e. The quantitative estimate of drug-likeness (QED) is 0.247. The zero-order valence-electron chi connectivity index (χ0n) is 16.0. The molecule has 0 aromatic heterocycles. The summed E-state index contributed by atoms with van der Waals surface area (Å²) in [5.74, 6) is 0.660. The molecule has 1 heterocycles. The molecule has 1 aliphatic rings. The first kappa shape index (κ1) is 23.1. The number of aliphatic imine (C=N–C) groups is 1. The summed E-state index contributed by atoms with van der Waals surface area (Å²) in [4.78, 5) is 6.82. The van der Waals surface area contributed by atoms with Crippen molar-refractivity contribution in [1.82, 2.24) is 15.5 Å². The molecule has 0 bridgehead atoms. The number of hydrogen-bond acceptors (Lipinski definition) is 2. The van der Waals surface area contributed by atoms with Gasteiger partial charge in [-0.1, -0.05) is 31.0 Å². The van der Waals surface area contributed by atoms with Crippen LogP contribution in [0.1, 0.15) is 44.1 Å². The summed E-state index contributed by atoms with van der Waals surface area (Å²) in [6.07, 6.45) is 8.48. The monoisotopic (exact) mass is 476 g/mol. The molecule has 2 N–H and O–H groups in total. The van der Waals surface area contributed by atoms with Crippen LogP contribution in [0.25, 0.3) is 0 Å². The van der Waals surface area contributed by atoms with Crippen molar-refractivity contribution in [1.29, 1.82) is 0 Å². The Morgan fingerprint density at radius 1 is 1.04 bits per heavy atom. The summed E-state index contributed by atoms with van der Waals surface area (Å²) < 4.78 is 13.6. The summed E-state index contributed by atoms with van der Waals surface area (Å²) in [6, 6.07) is 6.93. The van der Waals surface area contributed by atoms with E-state index in [0.29, 0.717) is 13.0 Å². The number of nitrogens with one attached hydrogen (secondary N) is 2. The Bertz CT molecular complexity index is 518. The summed E-state index contributed by atoms with van der Waals surface area (Å²) in [6.45, 7) is 5.43. The van der Waals surface area contributed by atoms with Gasteiger partial charge in [0.25, 0.3) is 0 Å². The van der Waals surface area contributed by atoms with E-state index in [1.54, 1.807) is 13.1 Å². The van der Waals surface area contributed by atoms with Gasteiger partial charge >= 0.3 is 0 Å². The van der Waals surface area contributed by atoms with E-state index in [0.717, 1.165) is 24.5 Å². The van der Waals surface area contributed by atoms with Gasteiger partial charge in [0.15, 0.2) is 5.96 Å². The number of guanidine groups is 1. The highest BCUT2D eigenvalue weighted by Crippen LogP contribution is 2.09. The first-order valence-electron chi connectivity index (χ1n) is 9.70. The lowest BCUT2D eigenvalue weighted by molar-refractivity contribution is 0.224. The molecule has 0 spiro atoms. The molecule has 148 valence electrons. The minimum atomic E-state index is -0.138. The standard InChI is InChI=1S/C20H33FN4.HI/c1-22-20(24-14-12-18-10-4-5-11-19(18)21)23-13-6-2-7-15-25-16-8-3-9-17-25;/h4-5,10-11H,2-3,6-9,12-17H2,1H3,(H2,22,23,24);1H. The summed E-state index contributed by atoms with van der Waals surface area (Å²) in [7, 11) is 1.77. The minimum absolute atomic E-state index is 0. The lowest BCUT2D eigenvalue weighted by Gasteiger charge is -2.26. The van der Waals surface area contributed by atoms with Crippen molar-refractivity contribution in [2.75, 3.05) is 39.8 Å². The smallest absolute Gasteiger partial charge is 0.190 e. The third kappa shape index (κ3) is 9.16. The third-order valence-electron chi connectivity index (χ3n) is 4.76. The van der Waals surface area contributed by atoms with E-state index in [9.17, 15) is 4.39 Å². The number of halogens is 2. The van der Waals surface area contributed by atoms with Crippen LogP contribution in [0.3, 0.4) is 0 Å². The molecule has 0 unspecified atom stereocenters. The van der Waals surface area contributed by atoms with E-state index in [1.807, 2.05) is 12.1 Å². The first-order valence-corrected chi connectivity index (χ1v) is 9.70. The van der Waals surface area contributed by atoms with Gasteiger partial charge in [-0.05, 0) is 63.4 Å². The predicted octanol–water partition coefficient (Wildman–Crippen LogP) is 3.81. The molecular weight excluding hydrogens is 442 g/mol. The number of nitrogens with zero attached hydrogens (tertiary/aromatic N) is 2. The van der Waals surface area contributed by atoms with Crippen LogP contribution < -0.4 is 10.6 Å². The van der Waals surface area contributed by atoms with Crippen molar-refractivity contribution < 1.29 is 4.39 Å². The zero-order valence-corrected chi connectivity index (χ0v) is 18.3. The van der Waals surface area contributed by atoms with Crippen LogP contribution in [0.4, 0.5) is 4.39 Å². The fourth-order valence-electron chi connectivity index (χ4n) is 3.26. The Morgan fingerprint density at radius 3 is 2.50 bits per heavy atom. The van der Waals surface area contributed by atoms with Gasteiger partial charge in [-0.25, -0.2) is 4.39 Å². The summed E-state index contributed by atoms with van der Waals surface area (Å²) in [5.41, 5.74) is 0.739. The van der Waals surface area contributed by atoms with Gasteiger partial charge in [0, 0.05) is 20.1 Å². The van der Waals surface area contributed by atoms with Crippen LogP contribution in [0.15, 0.2) is 29.3 Å². The molecule has 1 aromatic carbocycles. The number of benzene rings is 1. The van der Waals surface area contributed by atoms with Crippen LogP contribution in [-0.4, -0.2) is 50.6 Å². The Labute approximate surface area is 175 Å². The SMILES string of the molecule is CN=C(NCCCCCN1CCCCC1)NCCc1ccccc1F.I. The molecule has 1 aromatic rings. The highest BCUT2D eigenvalue weighted by Gasteiger charge is 2.08. The van der Waals surface area contributed by atoms with Crippen molar-refractivity contribution in [3.8, 4) is 0 Å². The van der Waals surface area contributed by atoms with Crippen molar-refractivity contribution in [3.63, 3.8) is 0 Å². The molecule has 4 nitrogen and oxygen atoms in total. The molecule has 0 saturated carbocycles. The highest BCUT2D eigenvalue weighted by atomic mass is 127. The van der Waals surface area contributed by atoms with E-state index in [-0.39, 0.29) is 29.8 Å². The number of unbranched alkanes of at least 4 members (excludes halogenated alkanes) is 2. The lowest BCUT2D eigenvalue weighted by atomic mass is 10.1. The fraction of sp³-hybridized carbons (Fsp3) is 0.650. The highest BCUT2D eigenvalue weighted by molar-refractivity contribution is 14.0. The minimum Gasteiger partial charge on any atom is -0.356 e. The van der Waals surface area contributed by atoms with Crippen molar-refractivity contribution in [3.05, 3.63) is 35.6 Å². The van der Waals surface area contributed by atoms with Gasteiger partial charge < -0.3 is 15.5 Å². The average Bonchev–Trinajstić information content (AvgIpc) is 2.65. The lowest BCUT2D eigenvalue weighted by Crippen LogP contribution is -2.38. The Kier molecular flexibility index (Phi) is 12.6. The summed E-state index contributed by atoms with van der Waals surface area (Å²) in [5, 5.41) is 6.59. The van der Waals surface area contributed by atoms with E-state index < -0.39 is 0 Å². The number of hydrogen-bond donors (Lipinski definition) is 2. The Balaban J connectivity index is 0.00000338. The van der Waals surface area contributed by atoms with Crippen LogP contribution in [0.2, 0.25) is 0 Å². The van der Waals surface area contributed by atoms with Gasteiger partial charge in [-0.2, -0.15) is 0 Å². The molecule has 6 heteroatoms. The maximum absolute atomic E-state index is 13.6. The number of rotatable bonds is 9. The fourth-order valence-corrected chi connectivity index (χ4v) is 3.26. The number of likely N-dealkylation sites (tertiary alicyclic amines) is 1. The van der Waals surface area contributed by atoms with E-state index in [4.69, 9.17) is 0 Å². The average molecular weight is 476 g/mol. The Hall–Kier alpha value is -0.890. The molecule has 1 saturated heterocycles. The van der Waals surface area contributed by atoms with Crippen molar-refractivity contribution >= 4 is 29.9 Å². The molecular formula is C20H34FIN4. The molecule has 0 amide bonds. The molecule has 2 rings (SSSR count). The molecule has 1 aliphatic heterocycles. The second-order valence-electron chi connectivity index (χ2n) is 6.73. The normalized spacial score (nSPS) is 15.4. The second kappa shape index (κ2) is 14.2. The van der Waals surface area contributed by atoms with E-state index >= 15 is 0 Å². The second-order valence-corrected chi connectivity index (χ2v) is 6.73. The Morgan fingerprint density at radius 2 is 1.77 bits per heavy atom. The van der Waals surface area contributed by atoms with Gasteiger partial charge in [-0.15, -0.1) is 24.0 Å². The molecule has 26 heavy (non-hydrogen) atoms. The molecule has 1 fully saturated rings. The van der Waals surface area contributed by atoms with Gasteiger partial charge in [0.05, 0.1) is 0 Å². The summed E-state index contributed by atoms with van der Waals surface area (Å²) >= 11 is 0. The van der Waals surface area contributed by atoms with Crippen LogP contribution in [0.5, 0.6) is 0 Å². The molecule has 0 atom stereocenters. The van der Waals surface area contributed by atoms with Gasteiger partial charge in [-0.3, -0.25) is 4.99 Å². The first-order chi connectivity index (χ1) is 12.3. The topological polar surface area (TPSA) is 39.7 Å². The van der Waals surface area contributed by atoms with E-state index in [1.165, 1.54) is 57.8 Å². The largest absolute Gasteiger partial charge is 0.356 e. The number of piperidine rings is 1. The van der Waals surface area contributed by atoms with Crippen LogP contribution in [0, 0.1) is 5.82 Å². The zero-order chi connectivity index (χ0) is 17.7.